The molecule has 2 nitrogen and oxygen atoms in total. The van der Waals surface area contributed by atoms with E-state index in [0.717, 1.165) is 18.3 Å². The minimum absolute atomic E-state index is 0.0486. The molecule has 1 N–H and O–H groups in total. The first-order valence-electron chi connectivity index (χ1n) is 2.95. The molecule has 1 rings (SSSR count). The Kier molecular flexibility index (Phi) is 2.20. The average Bonchev–Trinajstić information content (AvgIpc) is 2.37. The Morgan fingerprint density at radius 1 is 1.73 bits per heavy atom. The van der Waals surface area contributed by atoms with Gasteiger partial charge >= 0.3 is 0 Å². The van der Waals surface area contributed by atoms with Gasteiger partial charge in [-0.3, -0.25) is 0 Å². The molecular formula is C6H7F2NOS. The number of alkyl halides is 2. The van der Waals surface area contributed by atoms with Crippen molar-refractivity contribution in [2.45, 2.75) is 19.0 Å². The Labute approximate surface area is 66.5 Å². The zero-order valence-corrected chi connectivity index (χ0v) is 6.61. The van der Waals surface area contributed by atoms with Gasteiger partial charge in [-0.15, -0.1) is 11.3 Å². The van der Waals surface area contributed by atoms with Gasteiger partial charge in [0.15, 0.2) is 5.60 Å². The van der Waals surface area contributed by atoms with Gasteiger partial charge in [0, 0.05) is 11.6 Å². The Balaban J connectivity index is 2.90. The second kappa shape index (κ2) is 2.83. The van der Waals surface area contributed by atoms with E-state index in [4.69, 9.17) is 5.11 Å². The highest BCUT2D eigenvalue weighted by molar-refractivity contribution is 7.09. The Bertz CT molecular complexity index is 222. The third kappa shape index (κ3) is 1.54. The van der Waals surface area contributed by atoms with Crippen molar-refractivity contribution in [1.82, 2.24) is 4.98 Å². The molecule has 1 aromatic rings. The summed E-state index contributed by atoms with van der Waals surface area (Å²) < 4.78 is 24.2. The van der Waals surface area contributed by atoms with E-state index < -0.39 is 12.0 Å². The molecule has 11 heavy (non-hydrogen) atoms. The van der Waals surface area contributed by atoms with Crippen molar-refractivity contribution >= 4 is 11.3 Å². The lowest BCUT2D eigenvalue weighted by Gasteiger charge is -2.18. The van der Waals surface area contributed by atoms with Crippen molar-refractivity contribution in [3.05, 3.63) is 16.6 Å². The molecule has 1 aromatic heterocycles. The van der Waals surface area contributed by atoms with E-state index in [1.165, 1.54) is 6.20 Å². The summed E-state index contributed by atoms with van der Waals surface area (Å²) >= 11 is 1.02. The van der Waals surface area contributed by atoms with Gasteiger partial charge in [0.25, 0.3) is 6.43 Å². The molecule has 0 aliphatic heterocycles. The lowest BCUT2D eigenvalue weighted by molar-refractivity contribution is -0.0883. The first-order valence-corrected chi connectivity index (χ1v) is 3.83. The van der Waals surface area contributed by atoms with E-state index in [1.807, 2.05) is 0 Å². The van der Waals surface area contributed by atoms with E-state index in [0.29, 0.717) is 0 Å². The Morgan fingerprint density at radius 2 is 2.36 bits per heavy atom. The number of halogens is 2. The molecule has 0 aromatic carbocycles. The molecule has 0 spiro atoms. The van der Waals surface area contributed by atoms with Crippen molar-refractivity contribution in [2.24, 2.45) is 0 Å². The lowest BCUT2D eigenvalue weighted by Crippen LogP contribution is -2.29. The number of hydrogen-bond donors (Lipinski definition) is 1. The maximum atomic E-state index is 12.1. The Morgan fingerprint density at radius 3 is 2.73 bits per heavy atom. The molecular weight excluding hydrogens is 172 g/mol. The zero-order chi connectivity index (χ0) is 8.48. The van der Waals surface area contributed by atoms with Gasteiger partial charge < -0.3 is 5.11 Å². The second-order valence-corrected chi connectivity index (χ2v) is 3.18. The molecule has 0 saturated heterocycles. The molecule has 62 valence electrons. The predicted octanol–water partition coefficient (Wildman–Crippen LogP) is 1.62. The number of rotatable bonds is 2. The fourth-order valence-electron chi connectivity index (χ4n) is 0.567. The van der Waals surface area contributed by atoms with Crippen LogP contribution in [-0.2, 0) is 5.60 Å². The summed E-state index contributed by atoms with van der Waals surface area (Å²) in [7, 11) is 0. The SMILES string of the molecule is CC(O)(c1nccs1)C(F)F. The van der Waals surface area contributed by atoms with Gasteiger partial charge in [0.1, 0.15) is 5.01 Å². The summed E-state index contributed by atoms with van der Waals surface area (Å²) in [4.78, 5) is 3.60. The van der Waals surface area contributed by atoms with Crippen molar-refractivity contribution in [1.29, 1.82) is 0 Å². The van der Waals surface area contributed by atoms with Gasteiger partial charge in [-0.2, -0.15) is 0 Å². The fourth-order valence-corrected chi connectivity index (χ4v) is 1.27. The van der Waals surface area contributed by atoms with Crippen molar-refractivity contribution in [2.75, 3.05) is 0 Å². The van der Waals surface area contributed by atoms with E-state index in [9.17, 15) is 8.78 Å². The van der Waals surface area contributed by atoms with Crippen LogP contribution in [0.4, 0.5) is 8.78 Å². The summed E-state index contributed by atoms with van der Waals surface area (Å²) in [5.74, 6) is 0. The molecule has 0 radical (unpaired) electrons. The van der Waals surface area contributed by atoms with Gasteiger partial charge in [-0.05, 0) is 6.92 Å². The van der Waals surface area contributed by atoms with E-state index in [1.54, 1.807) is 5.38 Å². The minimum Gasteiger partial charge on any atom is -0.377 e. The van der Waals surface area contributed by atoms with Crippen LogP contribution in [-0.4, -0.2) is 16.5 Å². The largest absolute Gasteiger partial charge is 0.377 e. The van der Waals surface area contributed by atoms with Crippen LogP contribution >= 0.6 is 11.3 Å². The monoisotopic (exact) mass is 179 g/mol. The maximum Gasteiger partial charge on any atom is 0.273 e. The number of aliphatic hydroxyl groups is 1. The third-order valence-corrected chi connectivity index (χ3v) is 2.29. The molecule has 0 amide bonds. The molecule has 0 saturated carbocycles. The van der Waals surface area contributed by atoms with Gasteiger partial charge in [0.2, 0.25) is 0 Å². The highest BCUT2D eigenvalue weighted by Gasteiger charge is 2.36. The first-order chi connectivity index (χ1) is 5.05. The van der Waals surface area contributed by atoms with Crippen molar-refractivity contribution < 1.29 is 13.9 Å². The fraction of sp³-hybridized carbons (Fsp3) is 0.500. The molecule has 5 heteroatoms. The van der Waals surface area contributed by atoms with Crippen LogP contribution in [0, 0.1) is 0 Å². The highest BCUT2D eigenvalue weighted by atomic mass is 32.1. The molecule has 1 atom stereocenters. The molecule has 1 heterocycles. The standard InChI is InChI=1S/C6H7F2NOS/c1-6(10,4(7)8)5-9-2-3-11-5/h2-4,10H,1H3. The molecule has 0 bridgehead atoms. The normalized spacial score (nSPS) is 16.8. The maximum absolute atomic E-state index is 12.1. The zero-order valence-electron chi connectivity index (χ0n) is 5.79. The van der Waals surface area contributed by atoms with Crippen molar-refractivity contribution in [3.63, 3.8) is 0 Å². The van der Waals surface area contributed by atoms with Crippen molar-refractivity contribution in [3.8, 4) is 0 Å². The summed E-state index contributed by atoms with van der Waals surface area (Å²) in [6.45, 7) is 1.05. The smallest absolute Gasteiger partial charge is 0.273 e. The van der Waals surface area contributed by atoms with Crippen LogP contribution in [0.15, 0.2) is 11.6 Å². The third-order valence-electron chi connectivity index (χ3n) is 1.29. The van der Waals surface area contributed by atoms with E-state index in [-0.39, 0.29) is 5.01 Å². The number of hydrogen-bond acceptors (Lipinski definition) is 3. The van der Waals surface area contributed by atoms with Gasteiger partial charge in [-0.25, -0.2) is 13.8 Å². The number of thiazole rings is 1. The van der Waals surface area contributed by atoms with Crippen LogP contribution in [0.5, 0.6) is 0 Å². The quantitative estimate of drug-likeness (QED) is 0.748. The number of aromatic nitrogens is 1. The van der Waals surface area contributed by atoms with Crippen LogP contribution in [0.3, 0.4) is 0 Å². The van der Waals surface area contributed by atoms with Crippen LogP contribution < -0.4 is 0 Å². The number of nitrogens with zero attached hydrogens (tertiary/aromatic N) is 1. The molecule has 0 aliphatic carbocycles. The molecule has 1 unspecified atom stereocenters. The minimum atomic E-state index is -2.80. The average molecular weight is 179 g/mol. The van der Waals surface area contributed by atoms with E-state index >= 15 is 0 Å². The summed E-state index contributed by atoms with van der Waals surface area (Å²) in [5, 5.41) is 10.7. The Hall–Kier alpha value is -0.550. The lowest BCUT2D eigenvalue weighted by atomic mass is 10.1. The van der Waals surface area contributed by atoms with Gasteiger partial charge in [0.05, 0.1) is 0 Å². The summed E-state index contributed by atoms with van der Waals surface area (Å²) in [6, 6.07) is 0. The van der Waals surface area contributed by atoms with Crippen LogP contribution in [0.25, 0.3) is 0 Å². The van der Waals surface area contributed by atoms with Gasteiger partial charge in [-0.1, -0.05) is 0 Å². The van der Waals surface area contributed by atoms with E-state index in [2.05, 4.69) is 4.98 Å². The second-order valence-electron chi connectivity index (χ2n) is 2.29. The topological polar surface area (TPSA) is 33.1 Å². The molecule has 0 fully saturated rings. The molecule has 0 aliphatic rings. The summed E-state index contributed by atoms with van der Waals surface area (Å²) in [5.41, 5.74) is -2.10. The first kappa shape index (κ1) is 8.55. The predicted molar refractivity (Wildman–Crippen MR) is 37.7 cm³/mol. The van der Waals surface area contributed by atoms with Crippen LogP contribution in [0.2, 0.25) is 0 Å². The highest BCUT2D eigenvalue weighted by Crippen LogP contribution is 2.28. The van der Waals surface area contributed by atoms with Crippen LogP contribution in [0.1, 0.15) is 11.9 Å². The summed E-state index contributed by atoms with van der Waals surface area (Å²) in [6.07, 6.45) is -1.41.